The second kappa shape index (κ2) is 6.75. The summed E-state index contributed by atoms with van der Waals surface area (Å²) in [6.45, 7) is 2.08. The summed E-state index contributed by atoms with van der Waals surface area (Å²) < 4.78 is 25.1. The van der Waals surface area contributed by atoms with E-state index >= 15 is 0 Å². The molecule has 1 saturated carbocycles. The third-order valence-electron chi connectivity index (χ3n) is 3.84. The molecule has 2 unspecified atom stereocenters. The van der Waals surface area contributed by atoms with Crippen molar-refractivity contribution in [1.82, 2.24) is 0 Å². The molecule has 0 spiro atoms. The predicted molar refractivity (Wildman–Crippen MR) is 81.5 cm³/mol. The lowest BCUT2D eigenvalue weighted by Gasteiger charge is -2.35. The van der Waals surface area contributed by atoms with Crippen LogP contribution in [0.3, 0.4) is 0 Å². The average Bonchev–Trinajstić information content (AvgIpc) is 2.40. The van der Waals surface area contributed by atoms with Crippen LogP contribution in [0.1, 0.15) is 32.6 Å². The number of carbonyl (C=O) groups excluding carboxylic acids is 1. The minimum atomic E-state index is -2.52. The maximum Gasteiger partial charge on any atom is 0.288 e. The summed E-state index contributed by atoms with van der Waals surface area (Å²) in [5.74, 6) is -2.40. The van der Waals surface area contributed by atoms with Gasteiger partial charge in [0.2, 0.25) is 5.91 Å². The summed E-state index contributed by atoms with van der Waals surface area (Å²) in [6, 6.07) is 6.57. The summed E-state index contributed by atoms with van der Waals surface area (Å²) in [6.07, 6.45) is 3.25. The highest BCUT2D eigenvalue weighted by atomic mass is 32.2. The summed E-state index contributed by atoms with van der Waals surface area (Å²) in [7, 11) is 0. The molecule has 1 aliphatic rings. The van der Waals surface area contributed by atoms with Crippen LogP contribution in [0.4, 0.5) is 14.5 Å². The number of anilines is 1. The van der Waals surface area contributed by atoms with Gasteiger partial charge in [0.1, 0.15) is 0 Å². The number of alkyl halides is 2. The van der Waals surface area contributed by atoms with Gasteiger partial charge in [0.25, 0.3) is 5.76 Å². The van der Waals surface area contributed by atoms with Gasteiger partial charge in [-0.15, -0.1) is 0 Å². The first-order valence-corrected chi connectivity index (χ1v) is 7.93. The molecule has 1 aromatic rings. The molecule has 0 aromatic heterocycles. The van der Waals surface area contributed by atoms with Crippen LogP contribution in [0.2, 0.25) is 0 Å². The van der Waals surface area contributed by atoms with Crippen molar-refractivity contribution < 1.29 is 13.6 Å². The molecule has 0 heterocycles. The Morgan fingerprint density at radius 3 is 2.86 bits per heavy atom. The number of benzene rings is 1. The van der Waals surface area contributed by atoms with Crippen molar-refractivity contribution in [2.75, 3.05) is 5.32 Å². The maximum absolute atomic E-state index is 12.5. The van der Waals surface area contributed by atoms with Crippen LogP contribution < -0.4 is 11.1 Å². The first-order chi connectivity index (χ1) is 9.90. The van der Waals surface area contributed by atoms with Crippen LogP contribution in [-0.4, -0.2) is 17.2 Å². The van der Waals surface area contributed by atoms with E-state index in [-0.39, 0.29) is 5.91 Å². The third-order valence-corrected chi connectivity index (χ3v) is 4.62. The van der Waals surface area contributed by atoms with Gasteiger partial charge in [0, 0.05) is 4.90 Å². The van der Waals surface area contributed by atoms with E-state index in [1.807, 2.05) is 0 Å². The van der Waals surface area contributed by atoms with E-state index in [9.17, 15) is 13.6 Å². The minimum absolute atomic E-state index is 0.281. The fourth-order valence-electron chi connectivity index (χ4n) is 2.81. The maximum atomic E-state index is 12.5. The van der Waals surface area contributed by atoms with Crippen LogP contribution in [0.15, 0.2) is 29.2 Å². The van der Waals surface area contributed by atoms with Gasteiger partial charge in [-0.2, -0.15) is 8.78 Å². The van der Waals surface area contributed by atoms with Gasteiger partial charge in [-0.25, -0.2) is 0 Å². The zero-order valence-corrected chi connectivity index (χ0v) is 12.8. The zero-order chi connectivity index (χ0) is 15.5. The van der Waals surface area contributed by atoms with E-state index in [1.54, 1.807) is 24.3 Å². The highest BCUT2D eigenvalue weighted by Crippen LogP contribution is 2.34. The fourth-order valence-corrected chi connectivity index (χ4v) is 3.41. The Bertz CT molecular complexity index is 512. The smallest absolute Gasteiger partial charge is 0.288 e. The Labute approximate surface area is 127 Å². The van der Waals surface area contributed by atoms with E-state index in [0.29, 0.717) is 41.1 Å². The lowest BCUT2D eigenvalue weighted by atomic mass is 9.76. The number of thioether (sulfide) groups is 1. The second-order valence-electron chi connectivity index (χ2n) is 5.69. The summed E-state index contributed by atoms with van der Waals surface area (Å²) in [5, 5.41) is 2.73. The van der Waals surface area contributed by atoms with Gasteiger partial charge in [0.05, 0.1) is 11.2 Å². The molecular weight excluding hydrogens is 294 g/mol. The number of rotatable bonds is 4. The average molecular weight is 314 g/mol. The number of para-hydroxylation sites is 1. The molecule has 1 aromatic carbocycles. The monoisotopic (exact) mass is 314 g/mol. The number of hydrogen-bond donors (Lipinski definition) is 2. The molecule has 0 bridgehead atoms. The highest BCUT2D eigenvalue weighted by molar-refractivity contribution is 7.99. The highest BCUT2D eigenvalue weighted by Gasteiger charge is 2.38. The minimum Gasteiger partial charge on any atom is -0.323 e. The number of carbonyl (C=O) groups is 1. The van der Waals surface area contributed by atoms with Crippen LogP contribution >= 0.6 is 11.8 Å². The van der Waals surface area contributed by atoms with E-state index in [4.69, 9.17) is 5.73 Å². The van der Waals surface area contributed by atoms with Crippen molar-refractivity contribution >= 4 is 23.4 Å². The molecule has 0 radical (unpaired) electrons. The molecule has 2 atom stereocenters. The van der Waals surface area contributed by atoms with Gasteiger partial charge in [-0.05, 0) is 30.9 Å². The molecule has 6 heteroatoms. The van der Waals surface area contributed by atoms with Crippen molar-refractivity contribution in [3.8, 4) is 0 Å². The first kappa shape index (κ1) is 16.2. The molecule has 0 saturated heterocycles. The topological polar surface area (TPSA) is 55.1 Å². The number of hydrogen-bond acceptors (Lipinski definition) is 3. The summed E-state index contributed by atoms with van der Waals surface area (Å²) in [4.78, 5) is 12.8. The molecule has 21 heavy (non-hydrogen) atoms. The Morgan fingerprint density at radius 1 is 1.48 bits per heavy atom. The van der Waals surface area contributed by atoms with Crippen LogP contribution in [0.25, 0.3) is 0 Å². The number of amides is 1. The molecular formula is C15H20F2N2OS. The van der Waals surface area contributed by atoms with Gasteiger partial charge < -0.3 is 11.1 Å². The predicted octanol–water partition coefficient (Wildman–Crippen LogP) is 3.85. The van der Waals surface area contributed by atoms with Crippen molar-refractivity contribution in [3.63, 3.8) is 0 Å². The lowest BCUT2D eigenvalue weighted by Crippen LogP contribution is -2.53. The Hall–Kier alpha value is -1.14. The van der Waals surface area contributed by atoms with Gasteiger partial charge in [0.15, 0.2) is 0 Å². The Morgan fingerprint density at radius 2 is 2.19 bits per heavy atom. The standard InChI is InChI=1S/C15H20F2N2OS/c1-10-5-4-8-15(18,9-10)13(20)19-11-6-2-3-7-12(11)21-14(16)17/h2-3,6-7,10,14H,4-5,8-9,18H2,1H3,(H,19,20). The Balaban J connectivity index is 2.12. The molecule has 3 nitrogen and oxygen atoms in total. The van der Waals surface area contributed by atoms with E-state index < -0.39 is 11.3 Å². The van der Waals surface area contributed by atoms with Crippen LogP contribution in [-0.2, 0) is 4.79 Å². The van der Waals surface area contributed by atoms with Crippen LogP contribution in [0.5, 0.6) is 0 Å². The molecule has 0 aliphatic heterocycles. The molecule has 1 amide bonds. The van der Waals surface area contributed by atoms with Crippen molar-refractivity contribution in [1.29, 1.82) is 0 Å². The van der Waals surface area contributed by atoms with Gasteiger partial charge in [-0.3, -0.25) is 4.79 Å². The van der Waals surface area contributed by atoms with Gasteiger partial charge >= 0.3 is 0 Å². The van der Waals surface area contributed by atoms with E-state index in [0.717, 1.165) is 12.8 Å². The first-order valence-electron chi connectivity index (χ1n) is 7.05. The summed E-state index contributed by atoms with van der Waals surface area (Å²) >= 11 is 0.424. The molecule has 1 aliphatic carbocycles. The Kier molecular flexibility index (Phi) is 5.22. The third kappa shape index (κ3) is 4.17. The molecule has 116 valence electrons. The zero-order valence-electron chi connectivity index (χ0n) is 11.9. The number of nitrogens with two attached hydrogens (primary N) is 1. The normalized spacial score (nSPS) is 25.9. The van der Waals surface area contributed by atoms with E-state index in [2.05, 4.69) is 12.2 Å². The van der Waals surface area contributed by atoms with Crippen molar-refractivity contribution in [2.45, 2.75) is 48.8 Å². The number of nitrogens with one attached hydrogen (secondary N) is 1. The van der Waals surface area contributed by atoms with E-state index in [1.165, 1.54) is 0 Å². The fraction of sp³-hybridized carbons (Fsp3) is 0.533. The van der Waals surface area contributed by atoms with Crippen LogP contribution in [0, 0.1) is 5.92 Å². The van der Waals surface area contributed by atoms with Crippen molar-refractivity contribution in [3.05, 3.63) is 24.3 Å². The quantitative estimate of drug-likeness (QED) is 0.830. The van der Waals surface area contributed by atoms with Gasteiger partial charge in [-0.1, -0.05) is 43.7 Å². The largest absolute Gasteiger partial charge is 0.323 e. The molecule has 2 rings (SSSR count). The SMILES string of the molecule is CC1CCCC(N)(C(=O)Nc2ccccc2SC(F)F)C1. The number of halogens is 2. The lowest BCUT2D eigenvalue weighted by molar-refractivity contribution is -0.122. The summed E-state index contributed by atoms with van der Waals surface area (Å²) in [5.41, 5.74) is 5.72. The molecule has 1 fully saturated rings. The second-order valence-corrected chi connectivity index (χ2v) is 6.72. The van der Waals surface area contributed by atoms with Crippen molar-refractivity contribution in [2.24, 2.45) is 11.7 Å². The molecule has 3 N–H and O–H groups in total.